The van der Waals surface area contributed by atoms with Crippen molar-refractivity contribution in [1.29, 1.82) is 0 Å². The molecule has 1 heterocycles. The molecule has 1 aromatic heterocycles. The Morgan fingerprint density at radius 3 is 2.48 bits per heavy atom. The molecule has 3 aromatic rings. The third-order valence-electron chi connectivity index (χ3n) is 3.47. The molecule has 0 radical (unpaired) electrons. The van der Waals surface area contributed by atoms with Gasteiger partial charge >= 0.3 is 12.1 Å². The number of aryl methyl sites for hydroxylation is 1. The summed E-state index contributed by atoms with van der Waals surface area (Å²) in [5, 5.41) is 0. The van der Waals surface area contributed by atoms with Gasteiger partial charge in [0.1, 0.15) is 18.1 Å². The number of hydrogen-bond donors (Lipinski definition) is 0. The average Bonchev–Trinajstić information content (AvgIpc) is 3.01. The van der Waals surface area contributed by atoms with Gasteiger partial charge in [0, 0.05) is 5.56 Å². The fraction of sp³-hybridized carbons (Fsp3) is 0.158. The zero-order chi connectivity index (χ0) is 17.6. The van der Waals surface area contributed by atoms with Crippen molar-refractivity contribution in [3.8, 4) is 23.1 Å². The van der Waals surface area contributed by atoms with E-state index in [1.54, 1.807) is 26.2 Å². The van der Waals surface area contributed by atoms with Gasteiger partial charge in [0.05, 0.1) is 7.11 Å². The maximum absolute atomic E-state index is 11.8. The second kappa shape index (κ2) is 7.53. The van der Waals surface area contributed by atoms with Crippen LogP contribution in [0.15, 0.2) is 59.0 Å². The third kappa shape index (κ3) is 4.17. The molecule has 0 N–H and O–H groups in total. The van der Waals surface area contributed by atoms with Gasteiger partial charge in [-0.3, -0.25) is 0 Å². The number of hydrogen-bond acceptors (Lipinski definition) is 6. The van der Waals surface area contributed by atoms with Gasteiger partial charge < -0.3 is 18.6 Å². The van der Waals surface area contributed by atoms with E-state index in [0.29, 0.717) is 11.6 Å². The molecule has 0 saturated carbocycles. The summed E-state index contributed by atoms with van der Waals surface area (Å²) in [6.07, 6.45) is -0.843. The molecular weight excluding hydrogens is 322 g/mol. The Hall–Kier alpha value is -3.28. The van der Waals surface area contributed by atoms with Crippen molar-refractivity contribution in [2.45, 2.75) is 13.5 Å². The van der Waals surface area contributed by atoms with Crippen molar-refractivity contribution < 1.29 is 23.4 Å². The molecule has 0 aliphatic carbocycles. The number of oxazole rings is 1. The van der Waals surface area contributed by atoms with Crippen LogP contribution in [0.1, 0.15) is 11.3 Å². The first-order valence-corrected chi connectivity index (χ1v) is 7.66. The molecule has 0 aliphatic heterocycles. The normalized spacial score (nSPS) is 10.3. The summed E-state index contributed by atoms with van der Waals surface area (Å²) in [6.45, 7) is 1.81. The molecule has 0 aliphatic rings. The molecule has 0 amide bonds. The Kier molecular flexibility index (Phi) is 4.99. The smallest absolute Gasteiger partial charge is 0.497 e. The van der Waals surface area contributed by atoms with Crippen LogP contribution in [-0.2, 0) is 11.3 Å². The highest BCUT2D eigenvalue weighted by Gasteiger charge is 2.17. The highest BCUT2D eigenvalue weighted by molar-refractivity contribution is 5.64. The largest absolute Gasteiger partial charge is 0.516 e. The number of carbonyl (C=O) groups is 1. The summed E-state index contributed by atoms with van der Waals surface area (Å²) in [7, 11) is 1.59. The maximum atomic E-state index is 11.8. The molecule has 0 spiro atoms. The van der Waals surface area contributed by atoms with E-state index in [1.165, 1.54) is 0 Å². The van der Waals surface area contributed by atoms with Crippen LogP contribution in [0.25, 0.3) is 11.5 Å². The van der Waals surface area contributed by atoms with Crippen molar-refractivity contribution in [2.24, 2.45) is 0 Å². The molecule has 0 unspecified atom stereocenters. The van der Waals surface area contributed by atoms with Gasteiger partial charge in [0.15, 0.2) is 0 Å². The van der Waals surface area contributed by atoms with Gasteiger partial charge in [-0.2, -0.15) is 0 Å². The number of aromatic nitrogens is 1. The lowest BCUT2D eigenvalue weighted by Crippen LogP contribution is -2.10. The van der Waals surface area contributed by atoms with Gasteiger partial charge in [-0.25, -0.2) is 9.78 Å². The number of benzene rings is 2. The van der Waals surface area contributed by atoms with Crippen LogP contribution in [0, 0.1) is 6.92 Å². The van der Waals surface area contributed by atoms with Crippen molar-refractivity contribution in [3.05, 3.63) is 65.9 Å². The van der Waals surface area contributed by atoms with Crippen LogP contribution >= 0.6 is 0 Å². The number of nitrogens with zero attached hydrogens (tertiary/aromatic N) is 1. The summed E-state index contributed by atoms with van der Waals surface area (Å²) in [5.74, 6) is 1.10. The van der Waals surface area contributed by atoms with Crippen molar-refractivity contribution in [2.75, 3.05) is 7.11 Å². The third-order valence-corrected chi connectivity index (χ3v) is 3.47. The second-order valence-electron chi connectivity index (χ2n) is 5.25. The van der Waals surface area contributed by atoms with E-state index in [4.69, 9.17) is 18.6 Å². The Bertz CT molecular complexity index is 840. The van der Waals surface area contributed by atoms with Crippen LogP contribution in [-0.4, -0.2) is 18.2 Å². The monoisotopic (exact) mass is 339 g/mol. The zero-order valence-corrected chi connectivity index (χ0v) is 13.9. The van der Waals surface area contributed by atoms with E-state index in [-0.39, 0.29) is 12.6 Å². The molecule has 128 valence electrons. The molecule has 0 fully saturated rings. The van der Waals surface area contributed by atoms with Gasteiger partial charge in [0.25, 0.3) is 0 Å². The predicted molar refractivity (Wildman–Crippen MR) is 90.5 cm³/mol. The molecule has 3 rings (SSSR count). The quantitative estimate of drug-likeness (QED) is 0.643. The summed E-state index contributed by atoms with van der Waals surface area (Å²) >= 11 is 0. The number of rotatable bonds is 5. The van der Waals surface area contributed by atoms with Crippen molar-refractivity contribution in [1.82, 2.24) is 4.98 Å². The van der Waals surface area contributed by atoms with Crippen LogP contribution in [0.2, 0.25) is 0 Å². The van der Waals surface area contributed by atoms with E-state index < -0.39 is 6.16 Å². The number of carbonyl (C=O) groups excluding carboxylic acids is 1. The minimum absolute atomic E-state index is 0.0175. The van der Waals surface area contributed by atoms with Crippen molar-refractivity contribution in [3.63, 3.8) is 0 Å². The van der Waals surface area contributed by atoms with Gasteiger partial charge in [-0.15, -0.1) is 0 Å². The highest BCUT2D eigenvalue weighted by atomic mass is 16.8. The topological polar surface area (TPSA) is 70.8 Å². The van der Waals surface area contributed by atoms with E-state index in [0.717, 1.165) is 16.9 Å². The maximum Gasteiger partial charge on any atom is 0.516 e. The zero-order valence-electron chi connectivity index (χ0n) is 13.9. The van der Waals surface area contributed by atoms with Crippen molar-refractivity contribution >= 4 is 6.16 Å². The Morgan fingerprint density at radius 2 is 1.80 bits per heavy atom. The van der Waals surface area contributed by atoms with Crippen LogP contribution < -0.4 is 9.47 Å². The lowest BCUT2D eigenvalue weighted by molar-refractivity contribution is 0.0841. The SMILES string of the molecule is COc1ccc(-c2nc(C)c(OC(=O)OCc3ccccc3)o2)cc1. The van der Waals surface area contributed by atoms with Crippen LogP contribution in [0.5, 0.6) is 11.7 Å². The molecule has 6 heteroatoms. The van der Waals surface area contributed by atoms with E-state index in [1.807, 2.05) is 42.5 Å². The molecule has 25 heavy (non-hydrogen) atoms. The lowest BCUT2D eigenvalue weighted by Gasteiger charge is -2.04. The Balaban J connectivity index is 1.64. The minimum atomic E-state index is -0.843. The second-order valence-corrected chi connectivity index (χ2v) is 5.25. The molecule has 0 atom stereocenters. The number of ether oxygens (including phenoxy) is 3. The average molecular weight is 339 g/mol. The Labute approximate surface area is 145 Å². The van der Waals surface area contributed by atoms with Gasteiger partial charge in [-0.1, -0.05) is 30.3 Å². The lowest BCUT2D eigenvalue weighted by atomic mass is 10.2. The highest BCUT2D eigenvalue weighted by Crippen LogP contribution is 2.28. The number of methoxy groups -OCH3 is 1. The predicted octanol–water partition coefficient (Wildman–Crippen LogP) is 4.37. The van der Waals surface area contributed by atoms with E-state index >= 15 is 0 Å². The Morgan fingerprint density at radius 1 is 1.08 bits per heavy atom. The molecule has 0 bridgehead atoms. The van der Waals surface area contributed by atoms with Gasteiger partial charge in [-0.05, 0) is 36.8 Å². The summed E-state index contributed by atoms with van der Waals surface area (Å²) < 4.78 is 20.8. The first kappa shape index (κ1) is 16.6. The van der Waals surface area contributed by atoms with Crippen LogP contribution in [0.3, 0.4) is 0 Å². The summed E-state index contributed by atoms with van der Waals surface area (Å²) in [4.78, 5) is 16.1. The van der Waals surface area contributed by atoms with E-state index in [9.17, 15) is 4.79 Å². The molecular formula is C19H17NO5. The fourth-order valence-corrected chi connectivity index (χ4v) is 2.16. The minimum Gasteiger partial charge on any atom is -0.497 e. The molecule has 6 nitrogen and oxygen atoms in total. The summed E-state index contributed by atoms with van der Waals surface area (Å²) in [6, 6.07) is 16.5. The standard InChI is InChI=1S/C19H17NO5/c1-13-18(25-19(21)23-12-14-6-4-3-5-7-14)24-17(20-13)15-8-10-16(22-2)11-9-15/h3-11H,12H2,1-2H3. The van der Waals surface area contributed by atoms with Gasteiger partial charge in [0.2, 0.25) is 5.89 Å². The van der Waals surface area contributed by atoms with E-state index in [2.05, 4.69) is 4.98 Å². The summed E-state index contributed by atoms with van der Waals surface area (Å²) in [5.41, 5.74) is 2.08. The first-order chi connectivity index (χ1) is 12.2. The molecule has 0 saturated heterocycles. The molecule has 2 aromatic carbocycles. The van der Waals surface area contributed by atoms with Crippen LogP contribution in [0.4, 0.5) is 4.79 Å². The first-order valence-electron chi connectivity index (χ1n) is 7.66. The fourth-order valence-electron chi connectivity index (χ4n) is 2.16.